The SMILES string of the molecule is COc1cc(C(CSCc2ccc(C)cc2)NC(=O)OC(C)(C)C)c([N+](=O)[O-])cc1OC. The number of hydrogen-bond donors (Lipinski definition) is 1. The minimum Gasteiger partial charge on any atom is -0.493 e. The van der Waals surface area contributed by atoms with Crippen molar-refractivity contribution >= 4 is 23.5 Å². The number of nitrogens with zero attached hydrogens (tertiary/aromatic N) is 1. The minimum atomic E-state index is -0.701. The number of nitro groups is 1. The highest BCUT2D eigenvalue weighted by Crippen LogP contribution is 2.38. The van der Waals surface area contributed by atoms with Crippen LogP contribution in [0.2, 0.25) is 0 Å². The predicted octanol–water partition coefficient (Wildman–Crippen LogP) is 5.42. The second-order valence-corrected chi connectivity index (χ2v) is 9.25. The van der Waals surface area contributed by atoms with Crippen LogP contribution in [-0.4, -0.2) is 36.6 Å². The molecule has 2 aromatic carbocycles. The first-order valence-electron chi connectivity index (χ1n) is 10.1. The van der Waals surface area contributed by atoms with E-state index in [-0.39, 0.29) is 11.4 Å². The predicted molar refractivity (Wildman–Crippen MR) is 126 cm³/mol. The fourth-order valence-electron chi connectivity index (χ4n) is 2.96. The number of ether oxygens (including phenoxy) is 3. The Labute approximate surface area is 192 Å². The number of thioether (sulfide) groups is 1. The van der Waals surface area contributed by atoms with Crippen LogP contribution in [0, 0.1) is 17.0 Å². The fourth-order valence-corrected chi connectivity index (χ4v) is 4.00. The molecule has 0 aliphatic rings. The lowest BCUT2D eigenvalue weighted by atomic mass is 10.0. The van der Waals surface area contributed by atoms with Crippen LogP contribution in [-0.2, 0) is 10.5 Å². The summed E-state index contributed by atoms with van der Waals surface area (Å²) in [7, 11) is 2.87. The van der Waals surface area contributed by atoms with Crippen LogP contribution in [0.5, 0.6) is 11.5 Å². The summed E-state index contributed by atoms with van der Waals surface area (Å²) < 4.78 is 15.9. The first kappa shape index (κ1) is 25.3. The van der Waals surface area contributed by atoms with Gasteiger partial charge in [-0.25, -0.2) is 4.79 Å². The van der Waals surface area contributed by atoms with Crippen molar-refractivity contribution in [2.24, 2.45) is 0 Å². The average Bonchev–Trinajstić information content (AvgIpc) is 2.72. The van der Waals surface area contributed by atoms with Crippen LogP contribution in [0.3, 0.4) is 0 Å². The maximum absolute atomic E-state index is 12.5. The van der Waals surface area contributed by atoms with E-state index in [1.54, 1.807) is 32.5 Å². The molecule has 2 rings (SSSR count). The Morgan fingerprint density at radius 3 is 2.25 bits per heavy atom. The zero-order valence-corrected chi connectivity index (χ0v) is 20.1. The molecule has 0 aliphatic carbocycles. The molecular formula is C23H30N2O6S. The molecule has 1 N–H and O–H groups in total. The first-order chi connectivity index (χ1) is 15.0. The molecule has 9 heteroatoms. The lowest BCUT2D eigenvalue weighted by molar-refractivity contribution is -0.385. The minimum absolute atomic E-state index is 0.167. The molecule has 0 radical (unpaired) electrons. The fraction of sp³-hybridized carbons (Fsp3) is 0.435. The third-order valence-electron chi connectivity index (χ3n) is 4.47. The summed E-state index contributed by atoms with van der Waals surface area (Å²) in [5.41, 5.74) is 1.74. The number of alkyl carbamates (subject to hydrolysis) is 1. The van der Waals surface area contributed by atoms with Crippen LogP contribution < -0.4 is 14.8 Å². The lowest BCUT2D eigenvalue weighted by Gasteiger charge is -2.24. The van der Waals surface area contributed by atoms with Crippen LogP contribution >= 0.6 is 11.8 Å². The van der Waals surface area contributed by atoms with Gasteiger partial charge in [0, 0.05) is 11.5 Å². The number of nitrogens with one attached hydrogen (secondary N) is 1. The van der Waals surface area contributed by atoms with Gasteiger partial charge in [-0.3, -0.25) is 10.1 Å². The van der Waals surface area contributed by atoms with Gasteiger partial charge in [0.2, 0.25) is 0 Å². The maximum Gasteiger partial charge on any atom is 0.408 e. The molecule has 2 aromatic rings. The van der Waals surface area contributed by atoms with Gasteiger partial charge < -0.3 is 19.5 Å². The summed E-state index contributed by atoms with van der Waals surface area (Å²) in [4.78, 5) is 23.8. The summed E-state index contributed by atoms with van der Waals surface area (Å²) in [5.74, 6) is 1.66. The summed E-state index contributed by atoms with van der Waals surface area (Å²) in [6, 6.07) is 10.3. The van der Waals surface area contributed by atoms with Crippen LogP contribution in [0.15, 0.2) is 36.4 Å². The van der Waals surface area contributed by atoms with Crippen molar-refractivity contribution in [2.75, 3.05) is 20.0 Å². The summed E-state index contributed by atoms with van der Waals surface area (Å²) in [5, 5.41) is 14.6. The highest BCUT2D eigenvalue weighted by Gasteiger charge is 2.28. The highest BCUT2D eigenvalue weighted by atomic mass is 32.2. The van der Waals surface area contributed by atoms with Crippen molar-refractivity contribution in [1.82, 2.24) is 5.32 Å². The Bertz CT molecular complexity index is 941. The van der Waals surface area contributed by atoms with Crippen molar-refractivity contribution in [2.45, 2.75) is 45.1 Å². The third kappa shape index (κ3) is 7.33. The van der Waals surface area contributed by atoms with Gasteiger partial charge in [0.05, 0.1) is 36.8 Å². The number of aryl methyl sites for hydroxylation is 1. The zero-order chi connectivity index (χ0) is 23.9. The van der Waals surface area contributed by atoms with E-state index in [0.717, 1.165) is 5.56 Å². The monoisotopic (exact) mass is 462 g/mol. The Morgan fingerprint density at radius 1 is 1.12 bits per heavy atom. The first-order valence-corrected chi connectivity index (χ1v) is 11.2. The van der Waals surface area contributed by atoms with E-state index in [1.807, 2.05) is 31.2 Å². The van der Waals surface area contributed by atoms with Gasteiger partial charge in [-0.2, -0.15) is 11.8 Å². The van der Waals surface area contributed by atoms with E-state index in [9.17, 15) is 14.9 Å². The molecule has 1 amide bonds. The van der Waals surface area contributed by atoms with Gasteiger partial charge in [0.25, 0.3) is 5.69 Å². The largest absolute Gasteiger partial charge is 0.493 e. The maximum atomic E-state index is 12.5. The quantitative estimate of drug-likeness (QED) is 0.392. The molecule has 1 atom stereocenters. The average molecular weight is 463 g/mol. The number of hydrogen-bond acceptors (Lipinski definition) is 7. The molecule has 0 saturated carbocycles. The smallest absolute Gasteiger partial charge is 0.408 e. The molecule has 8 nitrogen and oxygen atoms in total. The van der Waals surface area contributed by atoms with E-state index in [2.05, 4.69) is 5.32 Å². The molecule has 0 heterocycles. The van der Waals surface area contributed by atoms with Gasteiger partial charge in [-0.15, -0.1) is 0 Å². The molecular weight excluding hydrogens is 432 g/mol. The second kappa shape index (κ2) is 11.1. The molecule has 0 spiro atoms. The summed E-state index contributed by atoms with van der Waals surface area (Å²) in [6.07, 6.45) is -0.650. The molecule has 174 valence electrons. The van der Waals surface area contributed by atoms with E-state index >= 15 is 0 Å². The number of methoxy groups -OCH3 is 2. The van der Waals surface area contributed by atoms with Gasteiger partial charge >= 0.3 is 6.09 Å². The standard InChI is InChI=1S/C23H30N2O6S/c1-15-7-9-16(10-8-15)13-32-14-18(24-22(26)31-23(2,3)4)17-11-20(29-5)21(30-6)12-19(17)25(27)28/h7-12,18H,13-14H2,1-6H3,(H,24,26). The van der Waals surface area contributed by atoms with E-state index in [0.29, 0.717) is 22.8 Å². The Morgan fingerprint density at radius 2 is 1.72 bits per heavy atom. The molecule has 0 aliphatic heterocycles. The van der Waals surface area contributed by atoms with Crippen LogP contribution in [0.25, 0.3) is 0 Å². The molecule has 0 fully saturated rings. The van der Waals surface area contributed by atoms with E-state index < -0.39 is 22.7 Å². The number of carbonyl (C=O) groups excluding carboxylic acids is 1. The van der Waals surface area contributed by atoms with Crippen molar-refractivity contribution in [3.05, 3.63) is 63.2 Å². The highest BCUT2D eigenvalue weighted by molar-refractivity contribution is 7.98. The van der Waals surface area contributed by atoms with E-state index in [1.165, 1.54) is 31.9 Å². The molecule has 0 aromatic heterocycles. The van der Waals surface area contributed by atoms with Gasteiger partial charge in [0.15, 0.2) is 11.5 Å². The number of nitro benzene ring substituents is 1. The van der Waals surface area contributed by atoms with Gasteiger partial charge in [-0.05, 0) is 39.3 Å². The van der Waals surface area contributed by atoms with Crippen molar-refractivity contribution in [1.29, 1.82) is 0 Å². The zero-order valence-electron chi connectivity index (χ0n) is 19.3. The Balaban J connectivity index is 2.34. The van der Waals surface area contributed by atoms with E-state index in [4.69, 9.17) is 14.2 Å². The Kier molecular flexibility index (Phi) is 8.77. The normalized spacial score (nSPS) is 12.1. The number of amides is 1. The summed E-state index contributed by atoms with van der Waals surface area (Å²) in [6.45, 7) is 7.29. The second-order valence-electron chi connectivity index (χ2n) is 8.22. The lowest BCUT2D eigenvalue weighted by Crippen LogP contribution is -2.36. The molecule has 0 bridgehead atoms. The van der Waals surface area contributed by atoms with Gasteiger partial charge in [0.1, 0.15) is 5.60 Å². The van der Waals surface area contributed by atoms with Gasteiger partial charge in [-0.1, -0.05) is 29.8 Å². The topological polar surface area (TPSA) is 99.9 Å². The Hall–Kier alpha value is -2.94. The number of carbonyl (C=O) groups is 1. The third-order valence-corrected chi connectivity index (χ3v) is 5.58. The van der Waals surface area contributed by atoms with Crippen LogP contribution in [0.4, 0.5) is 10.5 Å². The molecule has 0 saturated heterocycles. The van der Waals surface area contributed by atoms with Crippen LogP contribution in [0.1, 0.15) is 43.5 Å². The van der Waals surface area contributed by atoms with Crippen molar-refractivity contribution in [3.63, 3.8) is 0 Å². The number of rotatable bonds is 9. The molecule has 32 heavy (non-hydrogen) atoms. The number of benzene rings is 2. The van der Waals surface area contributed by atoms with Crippen molar-refractivity contribution < 1.29 is 23.9 Å². The summed E-state index contributed by atoms with van der Waals surface area (Å²) >= 11 is 1.55. The molecule has 1 unspecified atom stereocenters. The van der Waals surface area contributed by atoms with Crippen molar-refractivity contribution in [3.8, 4) is 11.5 Å².